The van der Waals surface area contributed by atoms with Crippen LogP contribution in [0.25, 0.3) is 10.4 Å². The Balaban J connectivity index is 2.27. The summed E-state index contributed by atoms with van der Waals surface area (Å²) in [6.45, 7) is 5.06. The number of benzene rings is 1. The first-order valence-corrected chi connectivity index (χ1v) is 6.46. The molecule has 1 aromatic heterocycles. The third-order valence-electron chi connectivity index (χ3n) is 2.75. The summed E-state index contributed by atoms with van der Waals surface area (Å²) in [5, 5.41) is 2.13. The number of hydrogen-bond acceptors (Lipinski definition) is 2. The molecular formula is C14H17NS. The van der Waals surface area contributed by atoms with Crippen LogP contribution < -0.4 is 5.73 Å². The van der Waals surface area contributed by atoms with E-state index < -0.39 is 0 Å². The molecule has 0 unspecified atom stereocenters. The van der Waals surface area contributed by atoms with Crippen LogP contribution in [-0.4, -0.2) is 0 Å². The maximum absolute atomic E-state index is 5.61. The molecule has 0 amide bonds. The topological polar surface area (TPSA) is 26.0 Å². The van der Waals surface area contributed by atoms with Gasteiger partial charge in [-0.15, -0.1) is 11.3 Å². The monoisotopic (exact) mass is 231 g/mol. The van der Waals surface area contributed by atoms with E-state index in [4.69, 9.17) is 5.73 Å². The largest absolute Gasteiger partial charge is 0.326 e. The van der Waals surface area contributed by atoms with E-state index in [1.165, 1.54) is 21.6 Å². The van der Waals surface area contributed by atoms with Gasteiger partial charge in [0.2, 0.25) is 0 Å². The number of thiophene rings is 1. The second-order valence-electron chi connectivity index (χ2n) is 4.30. The highest BCUT2D eigenvalue weighted by atomic mass is 32.1. The lowest BCUT2D eigenvalue weighted by atomic mass is 10.0. The number of rotatable bonds is 3. The minimum atomic E-state index is 0.594. The highest BCUT2D eigenvalue weighted by molar-refractivity contribution is 7.13. The van der Waals surface area contributed by atoms with Crippen LogP contribution in [0.4, 0.5) is 0 Å². The number of hydrogen-bond donors (Lipinski definition) is 1. The summed E-state index contributed by atoms with van der Waals surface area (Å²) in [6.07, 6.45) is 0. The Morgan fingerprint density at radius 1 is 1.19 bits per heavy atom. The third kappa shape index (κ3) is 2.34. The molecule has 16 heavy (non-hydrogen) atoms. The zero-order valence-electron chi connectivity index (χ0n) is 9.73. The molecular weight excluding hydrogens is 214 g/mol. The Kier molecular flexibility index (Phi) is 3.42. The fraction of sp³-hybridized carbons (Fsp3) is 0.286. The normalized spacial score (nSPS) is 11.0. The first-order valence-electron chi connectivity index (χ1n) is 5.58. The molecule has 0 saturated carbocycles. The molecule has 84 valence electrons. The first kappa shape index (κ1) is 11.4. The van der Waals surface area contributed by atoms with E-state index in [0.717, 1.165) is 0 Å². The molecule has 0 saturated heterocycles. The Hall–Kier alpha value is -1.12. The molecule has 2 rings (SSSR count). The van der Waals surface area contributed by atoms with Crippen molar-refractivity contribution in [2.24, 2.45) is 5.73 Å². The van der Waals surface area contributed by atoms with Gasteiger partial charge in [0.15, 0.2) is 0 Å². The lowest BCUT2D eigenvalue weighted by Crippen LogP contribution is -1.92. The molecule has 1 aromatic carbocycles. The van der Waals surface area contributed by atoms with Crippen molar-refractivity contribution in [1.82, 2.24) is 0 Å². The van der Waals surface area contributed by atoms with Crippen LogP contribution in [0, 0.1) is 0 Å². The standard InChI is InChI=1S/C14H17NS/c1-10(2)12-3-5-13(6-4-12)14-7-11(8-15)9-16-14/h3-7,9-10H,8,15H2,1-2H3. The van der Waals surface area contributed by atoms with Crippen molar-refractivity contribution in [2.45, 2.75) is 26.3 Å². The molecule has 0 aliphatic carbocycles. The molecule has 0 atom stereocenters. The van der Waals surface area contributed by atoms with Gasteiger partial charge in [-0.3, -0.25) is 0 Å². The molecule has 1 heterocycles. The van der Waals surface area contributed by atoms with Gasteiger partial charge in [0.1, 0.15) is 0 Å². The molecule has 0 aliphatic rings. The van der Waals surface area contributed by atoms with Gasteiger partial charge in [0, 0.05) is 11.4 Å². The Labute approximate surface area is 101 Å². The molecule has 0 fully saturated rings. The lowest BCUT2D eigenvalue weighted by molar-refractivity contribution is 0.867. The average Bonchev–Trinajstić information content (AvgIpc) is 2.77. The van der Waals surface area contributed by atoms with Gasteiger partial charge in [-0.25, -0.2) is 0 Å². The van der Waals surface area contributed by atoms with Crippen LogP contribution in [0.5, 0.6) is 0 Å². The molecule has 0 spiro atoms. The van der Waals surface area contributed by atoms with E-state index in [-0.39, 0.29) is 0 Å². The van der Waals surface area contributed by atoms with Gasteiger partial charge in [-0.05, 0) is 34.1 Å². The Bertz CT molecular complexity index is 454. The molecule has 0 aliphatic heterocycles. The van der Waals surface area contributed by atoms with Crippen LogP contribution in [-0.2, 0) is 6.54 Å². The smallest absolute Gasteiger partial charge is 0.0346 e. The minimum absolute atomic E-state index is 0.594. The summed E-state index contributed by atoms with van der Waals surface area (Å²) >= 11 is 1.76. The highest BCUT2D eigenvalue weighted by Gasteiger charge is 2.03. The van der Waals surface area contributed by atoms with Gasteiger partial charge in [-0.2, -0.15) is 0 Å². The molecule has 0 bridgehead atoms. The van der Waals surface area contributed by atoms with E-state index in [1.54, 1.807) is 11.3 Å². The zero-order valence-corrected chi connectivity index (χ0v) is 10.6. The predicted molar refractivity (Wildman–Crippen MR) is 71.7 cm³/mol. The van der Waals surface area contributed by atoms with Gasteiger partial charge in [0.05, 0.1) is 0 Å². The maximum atomic E-state index is 5.61. The summed E-state index contributed by atoms with van der Waals surface area (Å²) in [5.41, 5.74) is 9.50. The Morgan fingerprint density at radius 2 is 1.88 bits per heavy atom. The molecule has 2 heteroatoms. The van der Waals surface area contributed by atoms with Gasteiger partial charge < -0.3 is 5.73 Å². The summed E-state index contributed by atoms with van der Waals surface area (Å²) < 4.78 is 0. The third-order valence-corrected chi connectivity index (χ3v) is 3.78. The van der Waals surface area contributed by atoms with Crippen LogP contribution in [0.15, 0.2) is 35.7 Å². The summed E-state index contributed by atoms with van der Waals surface area (Å²) in [6, 6.07) is 11.0. The van der Waals surface area contributed by atoms with E-state index >= 15 is 0 Å². The quantitative estimate of drug-likeness (QED) is 0.849. The van der Waals surface area contributed by atoms with E-state index in [9.17, 15) is 0 Å². The van der Waals surface area contributed by atoms with E-state index in [1.807, 2.05) is 0 Å². The number of nitrogens with two attached hydrogens (primary N) is 1. The SMILES string of the molecule is CC(C)c1ccc(-c2cc(CN)cs2)cc1. The van der Waals surface area contributed by atoms with E-state index in [0.29, 0.717) is 12.5 Å². The fourth-order valence-electron chi connectivity index (χ4n) is 1.67. The summed E-state index contributed by atoms with van der Waals surface area (Å²) in [5.74, 6) is 0.594. The molecule has 2 N–H and O–H groups in total. The van der Waals surface area contributed by atoms with Crippen LogP contribution >= 0.6 is 11.3 Å². The highest BCUT2D eigenvalue weighted by Crippen LogP contribution is 2.28. The van der Waals surface area contributed by atoms with E-state index in [2.05, 4.69) is 49.6 Å². The van der Waals surface area contributed by atoms with Crippen molar-refractivity contribution in [2.75, 3.05) is 0 Å². The molecule has 1 nitrogen and oxygen atoms in total. The second-order valence-corrected chi connectivity index (χ2v) is 5.21. The lowest BCUT2D eigenvalue weighted by Gasteiger charge is -2.05. The minimum Gasteiger partial charge on any atom is -0.326 e. The Morgan fingerprint density at radius 3 is 2.38 bits per heavy atom. The van der Waals surface area contributed by atoms with Gasteiger partial charge >= 0.3 is 0 Å². The van der Waals surface area contributed by atoms with Gasteiger partial charge in [0.25, 0.3) is 0 Å². The summed E-state index contributed by atoms with van der Waals surface area (Å²) in [7, 11) is 0. The average molecular weight is 231 g/mol. The predicted octanol–water partition coefficient (Wildman–Crippen LogP) is 4.00. The van der Waals surface area contributed by atoms with Crippen molar-refractivity contribution >= 4 is 11.3 Å². The van der Waals surface area contributed by atoms with Crippen molar-refractivity contribution in [1.29, 1.82) is 0 Å². The van der Waals surface area contributed by atoms with Crippen LogP contribution in [0.2, 0.25) is 0 Å². The second kappa shape index (κ2) is 4.81. The fourth-order valence-corrected chi connectivity index (χ4v) is 2.60. The zero-order chi connectivity index (χ0) is 11.5. The van der Waals surface area contributed by atoms with Crippen molar-refractivity contribution in [3.8, 4) is 10.4 Å². The van der Waals surface area contributed by atoms with Crippen LogP contribution in [0.1, 0.15) is 30.9 Å². The van der Waals surface area contributed by atoms with Crippen LogP contribution in [0.3, 0.4) is 0 Å². The first-order chi connectivity index (χ1) is 7.70. The van der Waals surface area contributed by atoms with Gasteiger partial charge in [-0.1, -0.05) is 38.1 Å². The van der Waals surface area contributed by atoms with Crippen molar-refractivity contribution < 1.29 is 0 Å². The maximum Gasteiger partial charge on any atom is 0.0346 e. The van der Waals surface area contributed by atoms with Crippen molar-refractivity contribution in [3.63, 3.8) is 0 Å². The molecule has 0 radical (unpaired) electrons. The summed E-state index contributed by atoms with van der Waals surface area (Å²) in [4.78, 5) is 1.30. The van der Waals surface area contributed by atoms with Crippen molar-refractivity contribution in [3.05, 3.63) is 46.8 Å². The molecule has 2 aromatic rings.